The maximum Gasteiger partial charge on any atom is 0.416 e. The van der Waals surface area contributed by atoms with E-state index in [1.807, 2.05) is 0 Å². The molecule has 1 amide bonds. The topological polar surface area (TPSA) is 84.5 Å². The summed E-state index contributed by atoms with van der Waals surface area (Å²) in [5.74, 6) is -0.0782. The molecule has 1 atom stereocenters. The van der Waals surface area contributed by atoms with E-state index in [-0.39, 0.29) is 16.4 Å². The molecule has 3 rings (SSSR count). The number of carbonyl (C=O) groups is 1. The van der Waals surface area contributed by atoms with Crippen molar-refractivity contribution in [2.45, 2.75) is 24.1 Å². The van der Waals surface area contributed by atoms with Gasteiger partial charge in [0, 0.05) is 0 Å². The Labute approximate surface area is 157 Å². The molecule has 0 saturated heterocycles. The standard InChI is InChI=1S/C16H12ClF3N2O4S/c1-8-15(23)21-12-7-10(3-5-13(12)26-8)22-27(24,25)14-6-9(16(18,19)20)2-4-11(14)17/h2-8,22H,1H3,(H,21,23)/t8-/m1/s1. The lowest BCUT2D eigenvalue weighted by molar-refractivity contribution is -0.137. The molecular weight excluding hydrogens is 409 g/mol. The molecule has 0 bridgehead atoms. The number of carbonyl (C=O) groups excluding carboxylic acids is 1. The van der Waals surface area contributed by atoms with Crippen molar-refractivity contribution in [3.05, 3.63) is 47.0 Å². The average Bonchev–Trinajstić information content (AvgIpc) is 2.55. The molecule has 0 fully saturated rings. The molecule has 2 aromatic rings. The van der Waals surface area contributed by atoms with Crippen LogP contribution in [0, 0.1) is 0 Å². The number of fused-ring (bicyclic) bond motifs is 1. The fourth-order valence-electron chi connectivity index (χ4n) is 2.37. The third kappa shape index (κ3) is 3.96. The third-order valence-corrected chi connectivity index (χ3v) is 5.57. The predicted molar refractivity (Wildman–Crippen MR) is 92.4 cm³/mol. The van der Waals surface area contributed by atoms with Crippen molar-refractivity contribution >= 4 is 38.9 Å². The van der Waals surface area contributed by atoms with Crippen molar-refractivity contribution in [1.82, 2.24) is 0 Å². The second-order valence-corrected chi connectivity index (χ2v) is 7.77. The van der Waals surface area contributed by atoms with Crippen LogP contribution in [0.1, 0.15) is 12.5 Å². The van der Waals surface area contributed by atoms with Gasteiger partial charge in [-0.05, 0) is 43.3 Å². The Balaban J connectivity index is 1.94. The van der Waals surface area contributed by atoms with E-state index in [0.29, 0.717) is 17.9 Å². The summed E-state index contributed by atoms with van der Waals surface area (Å²) < 4.78 is 71.1. The lowest BCUT2D eigenvalue weighted by Gasteiger charge is -2.23. The van der Waals surface area contributed by atoms with E-state index in [1.165, 1.54) is 18.2 Å². The highest BCUT2D eigenvalue weighted by Gasteiger charge is 2.33. The summed E-state index contributed by atoms with van der Waals surface area (Å²) in [5.41, 5.74) is -0.901. The van der Waals surface area contributed by atoms with Gasteiger partial charge in [-0.25, -0.2) is 8.42 Å². The number of anilines is 2. The highest BCUT2D eigenvalue weighted by Crippen LogP contribution is 2.35. The molecule has 6 nitrogen and oxygen atoms in total. The molecule has 1 aliphatic rings. The van der Waals surface area contributed by atoms with E-state index >= 15 is 0 Å². The van der Waals surface area contributed by atoms with Crippen LogP contribution in [0.5, 0.6) is 5.75 Å². The van der Waals surface area contributed by atoms with Gasteiger partial charge in [-0.2, -0.15) is 13.2 Å². The first kappa shape index (κ1) is 19.3. The van der Waals surface area contributed by atoms with Crippen LogP contribution in [0.25, 0.3) is 0 Å². The van der Waals surface area contributed by atoms with Crippen LogP contribution in [0.15, 0.2) is 41.3 Å². The van der Waals surface area contributed by atoms with Gasteiger partial charge in [0.25, 0.3) is 15.9 Å². The Hall–Kier alpha value is -2.46. The molecule has 0 saturated carbocycles. The van der Waals surface area contributed by atoms with Gasteiger partial charge in [0.05, 0.1) is 22.0 Å². The van der Waals surface area contributed by atoms with Gasteiger partial charge >= 0.3 is 6.18 Å². The Morgan fingerprint density at radius 1 is 1.19 bits per heavy atom. The van der Waals surface area contributed by atoms with Crippen molar-refractivity contribution in [3.63, 3.8) is 0 Å². The van der Waals surface area contributed by atoms with Crippen LogP contribution in [0.4, 0.5) is 24.5 Å². The number of halogens is 4. The van der Waals surface area contributed by atoms with E-state index in [4.69, 9.17) is 16.3 Å². The molecule has 2 aromatic carbocycles. The third-order valence-electron chi connectivity index (χ3n) is 3.71. The molecule has 0 spiro atoms. The lowest BCUT2D eigenvalue weighted by Crippen LogP contribution is -2.34. The number of ether oxygens (including phenoxy) is 1. The molecule has 11 heteroatoms. The van der Waals surface area contributed by atoms with E-state index in [9.17, 15) is 26.4 Å². The molecule has 27 heavy (non-hydrogen) atoms. The minimum absolute atomic E-state index is 0.0145. The second kappa shape index (κ2) is 6.61. The fourth-order valence-corrected chi connectivity index (χ4v) is 3.94. The summed E-state index contributed by atoms with van der Waals surface area (Å²) in [6.07, 6.45) is -5.43. The van der Waals surface area contributed by atoms with Crippen LogP contribution in [0.2, 0.25) is 5.02 Å². The Bertz CT molecular complexity index is 1020. The first-order chi connectivity index (χ1) is 12.5. The molecule has 0 aromatic heterocycles. The Kier molecular flexibility index (Phi) is 4.73. The predicted octanol–water partition coefficient (Wildman–Crippen LogP) is 3.88. The second-order valence-electron chi connectivity index (χ2n) is 5.71. The largest absolute Gasteiger partial charge is 0.479 e. The van der Waals surface area contributed by atoms with Gasteiger partial charge in [-0.1, -0.05) is 11.6 Å². The molecule has 1 heterocycles. The molecule has 0 unspecified atom stereocenters. The van der Waals surface area contributed by atoms with Crippen LogP contribution in [-0.2, 0) is 21.0 Å². The highest BCUT2D eigenvalue weighted by molar-refractivity contribution is 7.92. The van der Waals surface area contributed by atoms with E-state index in [2.05, 4.69) is 10.0 Å². The number of nitrogens with one attached hydrogen (secondary N) is 2. The fraction of sp³-hybridized carbons (Fsp3) is 0.188. The quantitative estimate of drug-likeness (QED) is 0.789. The summed E-state index contributed by atoms with van der Waals surface area (Å²) >= 11 is 5.78. The minimum atomic E-state index is -4.72. The van der Waals surface area contributed by atoms with Gasteiger partial charge in [-0.15, -0.1) is 0 Å². The number of rotatable bonds is 3. The van der Waals surface area contributed by atoms with Crippen molar-refractivity contribution in [2.24, 2.45) is 0 Å². The zero-order valence-electron chi connectivity index (χ0n) is 13.6. The summed E-state index contributed by atoms with van der Waals surface area (Å²) in [6.45, 7) is 1.55. The molecular formula is C16H12ClF3N2O4S. The van der Waals surface area contributed by atoms with Crippen molar-refractivity contribution in [1.29, 1.82) is 0 Å². The van der Waals surface area contributed by atoms with Gasteiger partial charge in [-0.3, -0.25) is 9.52 Å². The smallest absolute Gasteiger partial charge is 0.416 e. The number of hydrogen-bond acceptors (Lipinski definition) is 4. The number of amides is 1. The zero-order chi connectivity index (χ0) is 20.0. The van der Waals surface area contributed by atoms with Crippen LogP contribution in [-0.4, -0.2) is 20.4 Å². The monoisotopic (exact) mass is 420 g/mol. The van der Waals surface area contributed by atoms with Gasteiger partial charge in [0.1, 0.15) is 10.6 Å². The first-order valence-corrected chi connectivity index (χ1v) is 9.34. The lowest BCUT2D eigenvalue weighted by atomic mass is 10.2. The van der Waals surface area contributed by atoms with Crippen molar-refractivity contribution in [2.75, 3.05) is 10.0 Å². The minimum Gasteiger partial charge on any atom is -0.479 e. The average molecular weight is 421 g/mol. The number of alkyl halides is 3. The Morgan fingerprint density at radius 2 is 1.89 bits per heavy atom. The molecule has 1 aliphatic heterocycles. The molecule has 0 aliphatic carbocycles. The van der Waals surface area contributed by atoms with Crippen LogP contribution in [0.3, 0.4) is 0 Å². The molecule has 2 N–H and O–H groups in total. The molecule has 0 radical (unpaired) electrons. The Morgan fingerprint density at radius 3 is 2.56 bits per heavy atom. The van der Waals surface area contributed by atoms with E-state index in [1.54, 1.807) is 6.92 Å². The van der Waals surface area contributed by atoms with Gasteiger partial charge in [0.2, 0.25) is 0 Å². The molecule has 144 valence electrons. The van der Waals surface area contributed by atoms with Gasteiger partial charge in [0.15, 0.2) is 6.10 Å². The summed E-state index contributed by atoms with van der Waals surface area (Å²) in [5, 5.41) is 2.18. The zero-order valence-corrected chi connectivity index (χ0v) is 15.2. The maximum absolute atomic E-state index is 12.9. The highest BCUT2D eigenvalue weighted by atomic mass is 35.5. The number of sulfonamides is 1. The number of hydrogen-bond donors (Lipinski definition) is 2. The normalized spacial score (nSPS) is 16.9. The van der Waals surface area contributed by atoms with Crippen LogP contribution < -0.4 is 14.8 Å². The summed E-state index contributed by atoms with van der Waals surface area (Å²) in [4.78, 5) is 10.9. The SMILES string of the molecule is C[C@H]1Oc2ccc(NS(=O)(=O)c3cc(C(F)(F)F)ccc3Cl)cc2NC1=O. The first-order valence-electron chi connectivity index (χ1n) is 7.48. The van der Waals surface area contributed by atoms with Gasteiger partial charge < -0.3 is 10.1 Å². The van der Waals surface area contributed by atoms with E-state index < -0.39 is 38.7 Å². The maximum atomic E-state index is 12.9. The summed E-state index contributed by atoms with van der Waals surface area (Å²) in [7, 11) is -4.41. The van der Waals surface area contributed by atoms with Crippen molar-refractivity contribution in [3.8, 4) is 5.75 Å². The summed E-state index contributed by atoms with van der Waals surface area (Å²) in [6, 6.07) is 6.07. The van der Waals surface area contributed by atoms with Crippen LogP contribution >= 0.6 is 11.6 Å². The number of benzene rings is 2. The van der Waals surface area contributed by atoms with Crippen molar-refractivity contribution < 1.29 is 31.1 Å². The van der Waals surface area contributed by atoms with E-state index in [0.717, 1.165) is 6.07 Å².